The zero-order valence-corrected chi connectivity index (χ0v) is 35.1. The summed E-state index contributed by atoms with van der Waals surface area (Å²) < 4.78 is 2.31. The van der Waals surface area contributed by atoms with Crippen LogP contribution in [0.1, 0.15) is 0 Å². The minimum Gasteiger partial charge on any atom is -0.292 e. The van der Waals surface area contributed by atoms with Crippen LogP contribution in [0.15, 0.2) is 231 Å². The van der Waals surface area contributed by atoms with Crippen LogP contribution in [0.5, 0.6) is 0 Å². The molecule has 0 fully saturated rings. The lowest BCUT2D eigenvalue weighted by Gasteiger charge is -2.15. The van der Waals surface area contributed by atoms with E-state index in [1.807, 2.05) is 72.8 Å². The molecular weight excluding hydrogens is 793 g/mol. The Morgan fingerprint density at radius 3 is 1.03 bits per heavy atom. The monoisotopic (exact) mass is 830 g/mol. The second-order valence-corrected chi connectivity index (χ2v) is 16.1. The van der Waals surface area contributed by atoms with Gasteiger partial charge in [-0.25, -0.2) is 24.9 Å². The predicted octanol–water partition coefficient (Wildman–Crippen LogP) is 14.6. The molecule has 3 heterocycles. The lowest BCUT2D eigenvalue weighted by molar-refractivity contribution is 1.10. The zero-order chi connectivity index (χ0) is 43.1. The molecule has 0 aliphatic carbocycles. The number of fused-ring (bicyclic) bond motifs is 6. The summed E-state index contributed by atoms with van der Waals surface area (Å²) >= 11 is 0. The van der Waals surface area contributed by atoms with E-state index in [0.29, 0.717) is 11.6 Å². The molecule has 0 radical (unpaired) electrons. The average Bonchev–Trinajstić information content (AvgIpc) is 3.81. The summed E-state index contributed by atoms with van der Waals surface area (Å²) in [6.45, 7) is 0. The second-order valence-electron chi connectivity index (χ2n) is 16.1. The highest BCUT2D eigenvalue weighted by molar-refractivity contribution is 6.24. The first-order chi connectivity index (χ1) is 32.2. The second kappa shape index (κ2) is 16.1. The maximum Gasteiger partial charge on any atom is 0.160 e. The molecule has 6 heteroatoms. The quantitative estimate of drug-likeness (QED) is 0.143. The first-order valence-electron chi connectivity index (χ1n) is 21.8. The third-order valence-corrected chi connectivity index (χ3v) is 12.0. The molecule has 0 atom stereocenters. The van der Waals surface area contributed by atoms with E-state index < -0.39 is 0 Å². The molecule has 12 aromatic rings. The molecule has 0 saturated carbocycles. The molecule has 0 bridgehead atoms. The Bertz CT molecular complexity index is 3420. The van der Waals surface area contributed by atoms with Crippen LogP contribution < -0.4 is 0 Å². The van der Waals surface area contributed by atoms with Crippen LogP contribution in [-0.4, -0.2) is 29.5 Å². The van der Waals surface area contributed by atoms with Gasteiger partial charge in [-0.1, -0.05) is 188 Å². The van der Waals surface area contributed by atoms with Crippen molar-refractivity contribution in [2.45, 2.75) is 0 Å². The van der Waals surface area contributed by atoms with Crippen LogP contribution in [-0.2, 0) is 0 Å². The van der Waals surface area contributed by atoms with Crippen molar-refractivity contribution < 1.29 is 0 Å². The third kappa shape index (κ3) is 7.00. The van der Waals surface area contributed by atoms with Gasteiger partial charge in [-0.15, -0.1) is 0 Å². The van der Waals surface area contributed by atoms with E-state index in [9.17, 15) is 0 Å². The van der Waals surface area contributed by atoms with Crippen molar-refractivity contribution in [3.8, 4) is 84.9 Å². The van der Waals surface area contributed by atoms with Gasteiger partial charge < -0.3 is 0 Å². The Labute approximate surface area is 375 Å². The summed E-state index contributed by atoms with van der Waals surface area (Å²) in [6.07, 6.45) is 0. The Balaban J connectivity index is 1.19. The summed E-state index contributed by atoms with van der Waals surface area (Å²) in [7, 11) is 0. The van der Waals surface area contributed by atoms with Gasteiger partial charge in [-0.3, -0.25) is 4.57 Å². The van der Waals surface area contributed by atoms with Crippen LogP contribution in [0.2, 0.25) is 0 Å². The Kier molecular flexibility index (Phi) is 9.38. The standard InChI is InChI=1S/C59H38N6/c1-6-20-39(21-7-1)51-37-52(40-22-8-2-9-23-40)61-57(60-51)43-34-44(58-62-53(41-24-10-3-11-25-41)38-54(63-58)42-26-12-4-13-27-42)36-45(35-43)59-64-55-49-32-18-16-30-47(49)48-31-17-19-33-50(48)56(55)65(59)46-28-14-5-15-29-46/h1-38H. The average molecular weight is 831 g/mol. The minimum atomic E-state index is 0.578. The van der Waals surface area contributed by atoms with Gasteiger partial charge in [0.2, 0.25) is 0 Å². The van der Waals surface area contributed by atoms with Gasteiger partial charge >= 0.3 is 0 Å². The van der Waals surface area contributed by atoms with Crippen LogP contribution in [0.4, 0.5) is 0 Å². The highest BCUT2D eigenvalue weighted by atomic mass is 15.1. The van der Waals surface area contributed by atoms with Crippen LogP contribution in [0.3, 0.4) is 0 Å². The van der Waals surface area contributed by atoms with E-state index in [1.165, 1.54) is 5.39 Å². The number of hydrogen-bond acceptors (Lipinski definition) is 5. The van der Waals surface area contributed by atoms with Crippen molar-refractivity contribution in [3.63, 3.8) is 0 Å². The SMILES string of the molecule is c1ccc(-c2cc(-c3ccccc3)nc(-c3cc(-c4nc(-c5ccccc5)cc(-c5ccccc5)n4)cc(-c4nc5c6ccccc6c6ccccc6c5n4-c4ccccc4)c3)n2)cc1. The van der Waals surface area contributed by atoms with E-state index in [1.54, 1.807) is 0 Å². The minimum absolute atomic E-state index is 0.578. The van der Waals surface area contributed by atoms with Crippen LogP contribution in [0.25, 0.3) is 117 Å². The molecule has 0 amide bonds. The van der Waals surface area contributed by atoms with Crippen molar-refractivity contribution in [1.29, 1.82) is 0 Å². The highest BCUT2D eigenvalue weighted by Crippen LogP contribution is 2.41. The number of aromatic nitrogens is 6. The number of nitrogens with zero attached hydrogens (tertiary/aromatic N) is 6. The smallest absolute Gasteiger partial charge is 0.160 e. The number of hydrogen-bond donors (Lipinski definition) is 0. The van der Waals surface area contributed by atoms with Crippen LogP contribution >= 0.6 is 0 Å². The molecule has 9 aromatic carbocycles. The van der Waals surface area contributed by atoms with Crippen molar-refractivity contribution in [2.24, 2.45) is 0 Å². The van der Waals surface area contributed by atoms with Gasteiger partial charge in [0, 0.05) is 55.4 Å². The lowest BCUT2D eigenvalue weighted by atomic mass is 10.00. The van der Waals surface area contributed by atoms with Crippen molar-refractivity contribution in [1.82, 2.24) is 29.5 Å². The molecule has 65 heavy (non-hydrogen) atoms. The summed E-state index contributed by atoms with van der Waals surface area (Å²) in [6, 6.07) is 79.5. The lowest BCUT2D eigenvalue weighted by Crippen LogP contribution is -2.01. The summed E-state index contributed by atoms with van der Waals surface area (Å²) in [5.74, 6) is 1.93. The van der Waals surface area contributed by atoms with Crippen molar-refractivity contribution >= 4 is 32.6 Å². The van der Waals surface area contributed by atoms with Gasteiger partial charge in [0.05, 0.1) is 33.8 Å². The first kappa shape index (κ1) is 37.9. The number of rotatable bonds is 8. The fourth-order valence-corrected chi connectivity index (χ4v) is 8.92. The third-order valence-electron chi connectivity index (χ3n) is 12.0. The molecule has 0 N–H and O–H groups in total. The normalized spacial score (nSPS) is 11.4. The van der Waals surface area contributed by atoms with Gasteiger partial charge in [-0.2, -0.15) is 0 Å². The Morgan fingerprint density at radius 2 is 0.600 bits per heavy atom. The number of imidazole rings is 1. The van der Waals surface area contributed by atoms with E-state index in [0.717, 1.165) is 100 Å². The van der Waals surface area contributed by atoms with Crippen molar-refractivity contribution in [3.05, 3.63) is 231 Å². The molecule has 3 aromatic heterocycles. The summed E-state index contributed by atoms with van der Waals surface area (Å²) in [4.78, 5) is 27.0. The maximum atomic E-state index is 5.65. The topological polar surface area (TPSA) is 69.4 Å². The molecule has 0 aliphatic heterocycles. The fourth-order valence-electron chi connectivity index (χ4n) is 8.92. The van der Waals surface area contributed by atoms with Crippen LogP contribution in [0, 0.1) is 0 Å². The molecule has 304 valence electrons. The maximum absolute atomic E-state index is 5.65. The summed E-state index contributed by atoms with van der Waals surface area (Å²) in [5, 5.41) is 4.55. The predicted molar refractivity (Wildman–Crippen MR) is 265 cm³/mol. The van der Waals surface area contributed by atoms with Crippen molar-refractivity contribution in [2.75, 3.05) is 0 Å². The molecule has 12 rings (SSSR count). The van der Waals surface area contributed by atoms with E-state index in [4.69, 9.17) is 24.9 Å². The highest BCUT2D eigenvalue weighted by Gasteiger charge is 2.23. The fraction of sp³-hybridized carbons (Fsp3) is 0. The molecule has 0 saturated heterocycles. The Morgan fingerprint density at radius 1 is 0.262 bits per heavy atom. The van der Waals surface area contributed by atoms with E-state index >= 15 is 0 Å². The van der Waals surface area contributed by atoms with Gasteiger partial charge in [0.1, 0.15) is 5.82 Å². The number of benzene rings is 9. The molecule has 6 nitrogen and oxygen atoms in total. The van der Waals surface area contributed by atoms with E-state index in [2.05, 4.69) is 162 Å². The number of para-hydroxylation sites is 1. The van der Waals surface area contributed by atoms with Gasteiger partial charge in [0.25, 0.3) is 0 Å². The molecule has 0 spiro atoms. The first-order valence-corrected chi connectivity index (χ1v) is 21.8. The molecular formula is C59H38N6. The zero-order valence-electron chi connectivity index (χ0n) is 35.1. The molecule has 0 unspecified atom stereocenters. The van der Waals surface area contributed by atoms with Gasteiger partial charge in [-0.05, 0) is 53.2 Å². The van der Waals surface area contributed by atoms with E-state index in [-0.39, 0.29) is 0 Å². The van der Waals surface area contributed by atoms with Gasteiger partial charge in [0.15, 0.2) is 11.6 Å². The largest absolute Gasteiger partial charge is 0.292 e. The summed E-state index contributed by atoms with van der Waals surface area (Å²) in [5.41, 5.74) is 12.7. The Hall–Kier alpha value is -8.87. The molecule has 0 aliphatic rings.